The van der Waals surface area contributed by atoms with Gasteiger partial charge in [0, 0.05) is 0 Å². The van der Waals surface area contributed by atoms with Crippen LogP contribution in [-0.4, -0.2) is 12.2 Å². The van der Waals surface area contributed by atoms with E-state index in [1.165, 1.54) is 88.0 Å². The van der Waals surface area contributed by atoms with E-state index >= 15 is 0 Å². The van der Waals surface area contributed by atoms with Crippen molar-refractivity contribution in [3.8, 4) is 11.5 Å². The molecule has 1 N–H and O–H groups in total. The lowest BCUT2D eigenvalue weighted by Gasteiger charge is -2.70. The summed E-state index contributed by atoms with van der Waals surface area (Å²) in [6.45, 7) is 34.0. The molecular formula is C55H84O2. The van der Waals surface area contributed by atoms with E-state index in [-0.39, 0.29) is 5.75 Å². The van der Waals surface area contributed by atoms with Crippen LogP contribution in [0.25, 0.3) is 0 Å². The molecule has 2 heteroatoms. The zero-order valence-electron chi connectivity index (χ0n) is 38.8. The van der Waals surface area contributed by atoms with Crippen LogP contribution in [0.4, 0.5) is 0 Å². The highest BCUT2D eigenvalue weighted by Gasteiger charge is 2.65. The summed E-state index contributed by atoms with van der Waals surface area (Å²) in [4.78, 5) is 0. The van der Waals surface area contributed by atoms with Gasteiger partial charge in [0.25, 0.3) is 0 Å². The van der Waals surface area contributed by atoms with Gasteiger partial charge in [0.05, 0.1) is 7.11 Å². The maximum absolute atomic E-state index is 9.25. The van der Waals surface area contributed by atoms with Crippen LogP contribution in [0.2, 0.25) is 0 Å². The molecule has 2 nitrogen and oxygen atoms in total. The van der Waals surface area contributed by atoms with Gasteiger partial charge in [-0.05, 0) is 187 Å². The van der Waals surface area contributed by atoms with Crippen molar-refractivity contribution < 1.29 is 9.84 Å². The number of aromatic hydroxyl groups is 1. The van der Waals surface area contributed by atoms with Gasteiger partial charge < -0.3 is 9.84 Å². The highest BCUT2D eigenvalue weighted by Crippen LogP contribution is 2.71. The molecule has 7 atom stereocenters. The predicted octanol–water partition coefficient (Wildman–Crippen LogP) is 16.2. The molecule has 0 aromatic heterocycles. The van der Waals surface area contributed by atoms with Crippen LogP contribution in [-0.2, 0) is 6.42 Å². The average Bonchev–Trinajstić information content (AvgIpc) is 3.18. The minimum absolute atomic E-state index is 0.172. The number of phenolic OH excluding ortho intramolecular Hbond substituents is 1. The standard InChI is InChI=1S/3C15H24.C10H12O2/c1-9(2)11-7-8-15(4)12-6-5-10(3)14(15)13(11)12;1-11-6-5-7-12(2)13-10-15(3,4)14(13)9-8-11;1-13-7-5-8-14(2)10-12-15(3,4)11-6-9-13;1-3-4-8-5-6-9(11)10(7-8)12-2/h5,9,11-14H,6-8H2,1-4H3;6,13-14H,2,5,7-10H2,1,3-4H3;6-7,10-11H,5,8-9,12H2,1-4H3;3,5-7,11H,1,4H2,2H3/b;11-6+;11-6+,13-7+,14-10+;/t11-,12-,13-,14+,15+;13-,14-;;/m01../s1. The average molecular weight is 777 g/mol. The van der Waals surface area contributed by atoms with E-state index in [4.69, 9.17) is 4.74 Å². The van der Waals surface area contributed by atoms with E-state index in [2.05, 4.69) is 126 Å². The van der Waals surface area contributed by atoms with Crippen molar-refractivity contribution >= 4 is 0 Å². The van der Waals surface area contributed by atoms with Crippen LogP contribution < -0.4 is 4.74 Å². The molecule has 0 heterocycles. The van der Waals surface area contributed by atoms with E-state index in [9.17, 15) is 5.11 Å². The lowest BCUT2D eigenvalue weighted by molar-refractivity contribution is -0.181. The molecular weight excluding hydrogens is 693 g/mol. The molecule has 0 aliphatic heterocycles. The Morgan fingerprint density at radius 2 is 1.56 bits per heavy atom. The largest absolute Gasteiger partial charge is 0.504 e. The highest BCUT2D eigenvalue weighted by molar-refractivity contribution is 5.42. The Hall–Kier alpha value is -3.00. The van der Waals surface area contributed by atoms with Gasteiger partial charge in [-0.2, -0.15) is 0 Å². The van der Waals surface area contributed by atoms with Crippen molar-refractivity contribution in [2.24, 2.45) is 57.7 Å². The number of fused-ring (bicyclic) bond motifs is 2. The van der Waals surface area contributed by atoms with Crippen LogP contribution in [0, 0.1) is 57.7 Å². The van der Waals surface area contributed by atoms with Crippen LogP contribution in [0.5, 0.6) is 11.5 Å². The first-order valence-electron chi connectivity index (χ1n) is 22.8. The van der Waals surface area contributed by atoms with Gasteiger partial charge in [0.1, 0.15) is 0 Å². The maximum Gasteiger partial charge on any atom is 0.160 e. The summed E-state index contributed by atoms with van der Waals surface area (Å²) in [6.07, 6.45) is 32.5. The second-order valence-electron chi connectivity index (χ2n) is 20.9. The van der Waals surface area contributed by atoms with Crippen molar-refractivity contribution in [2.45, 2.75) is 160 Å². The lowest BCUT2D eigenvalue weighted by atomic mass is 9.34. The molecule has 1 aromatic carbocycles. The molecule has 0 amide bonds. The van der Waals surface area contributed by atoms with E-state index in [0.29, 0.717) is 22.0 Å². The summed E-state index contributed by atoms with van der Waals surface area (Å²) in [7, 11) is 1.53. The molecule has 0 saturated heterocycles. The number of benzene rings is 1. The molecule has 57 heavy (non-hydrogen) atoms. The third-order valence-corrected chi connectivity index (χ3v) is 15.2. The van der Waals surface area contributed by atoms with E-state index < -0.39 is 0 Å². The Morgan fingerprint density at radius 1 is 0.877 bits per heavy atom. The molecule has 1 aromatic rings. The van der Waals surface area contributed by atoms with Gasteiger partial charge in [-0.3, -0.25) is 0 Å². The van der Waals surface area contributed by atoms with Gasteiger partial charge in [-0.25, -0.2) is 0 Å². The van der Waals surface area contributed by atoms with Crippen molar-refractivity contribution in [3.05, 3.63) is 107 Å². The number of rotatable bonds is 4. The predicted molar refractivity (Wildman–Crippen MR) is 249 cm³/mol. The Morgan fingerprint density at radius 3 is 2.21 bits per heavy atom. The highest BCUT2D eigenvalue weighted by atomic mass is 16.5. The molecule has 3 fully saturated rings. The fourth-order valence-corrected chi connectivity index (χ4v) is 11.5. The third kappa shape index (κ3) is 12.0. The zero-order chi connectivity index (χ0) is 42.1. The molecule has 8 rings (SSSR count). The summed E-state index contributed by atoms with van der Waals surface area (Å²) >= 11 is 0. The second kappa shape index (κ2) is 20.3. The second-order valence-corrected chi connectivity index (χ2v) is 20.9. The number of phenols is 1. The van der Waals surface area contributed by atoms with Crippen LogP contribution >= 0.6 is 0 Å². The Bertz CT molecular complexity index is 1670. The van der Waals surface area contributed by atoms with Gasteiger partial charge in [0.15, 0.2) is 11.5 Å². The van der Waals surface area contributed by atoms with Gasteiger partial charge in [0.2, 0.25) is 0 Å². The first kappa shape index (κ1) is 46.7. The normalized spacial score (nSPS) is 34.4. The fraction of sp³-hybridized carbons (Fsp3) is 0.636. The molecule has 7 aliphatic rings. The zero-order valence-corrected chi connectivity index (χ0v) is 38.8. The molecule has 0 spiro atoms. The fourth-order valence-electron chi connectivity index (χ4n) is 11.5. The van der Waals surface area contributed by atoms with Crippen molar-refractivity contribution in [1.82, 2.24) is 0 Å². The first-order chi connectivity index (χ1) is 26.8. The lowest BCUT2D eigenvalue weighted by Crippen LogP contribution is -2.63. The molecule has 3 saturated carbocycles. The summed E-state index contributed by atoms with van der Waals surface area (Å²) in [6, 6.07) is 5.27. The van der Waals surface area contributed by atoms with Crippen molar-refractivity contribution in [3.63, 3.8) is 0 Å². The van der Waals surface area contributed by atoms with E-state index in [0.717, 1.165) is 66.3 Å². The van der Waals surface area contributed by atoms with Gasteiger partial charge in [-0.1, -0.05) is 132 Å². The quantitative estimate of drug-likeness (QED) is 0.309. The van der Waals surface area contributed by atoms with Crippen LogP contribution in [0.1, 0.15) is 159 Å². The SMILES string of the molecule is C/C1=C\CC/C(C)=C/CC(C)(C)/C=C/C1.C=C1CC/C=C(\C)CC[C@@H]2[C@@H]1CC2(C)C.C=CCc1ccc(O)c(OC)c1.CC1=CC[C@H]2[C@H]3[C@@H]1[C@]2(C)CC[C@H]3C(C)C. The van der Waals surface area contributed by atoms with Gasteiger partial charge >= 0.3 is 0 Å². The van der Waals surface area contributed by atoms with Crippen LogP contribution in [0.15, 0.2) is 102 Å². The minimum atomic E-state index is 0.172. The summed E-state index contributed by atoms with van der Waals surface area (Å²) < 4.78 is 4.95. The van der Waals surface area contributed by atoms with E-state index in [1.807, 2.05) is 12.1 Å². The van der Waals surface area contributed by atoms with Gasteiger partial charge in [-0.15, -0.1) is 6.58 Å². The van der Waals surface area contributed by atoms with Crippen LogP contribution in [0.3, 0.4) is 0 Å². The number of methoxy groups -OCH3 is 1. The van der Waals surface area contributed by atoms with Crippen molar-refractivity contribution in [2.75, 3.05) is 7.11 Å². The Kier molecular flexibility index (Phi) is 16.6. The topological polar surface area (TPSA) is 29.5 Å². The summed E-state index contributed by atoms with van der Waals surface area (Å²) in [5, 5.41) is 9.25. The number of allylic oxidation sites excluding steroid dienone is 12. The summed E-state index contributed by atoms with van der Waals surface area (Å²) in [5.74, 6) is 7.37. The van der Waals surface area contributed by atoms with Crippen molar-refractivity contribution in [1.29, 1.82) is 0 Å². The summed E-state index contributed by atoms with van der Waals surface area (Å²) in [5.41, 5.74) is 10.5. The molecule has 4 bridgehead atoms. The first-order valence-corrected chi connectivity index (χ1v) is 22.8. The number of ether oxygens (including phenoxy) is 1. The Balaban J connectivity index is 0.000000169. The monoisotopic (exact) mass is 777 g/mol. The molecule has 0 unspecified atom stereocenters. The molecule has 316 valence electrons. The Labute approximate surface area is 351 Å². The maximum atomic E-state index is 9.25. The molecule has 0 radical (unpaired) electrons. The molecule has 7 aliphatic carbocycles. The number of hydrogen-bond donors (Lipinski definition) is 1. The third-order valence-electron chi connectivity index (χ3n) is 15.2. The smallest absolute Gasteiger partial charge is 0.160 e. The van der Waals surface area contributed by atoms with E-state index in [1.54, 1.807) is 23.3 Å². The number of hydrogen-bond acceptors (Lipinski definition) is 2. The minimum Gasteiger partial charge on any atom is -0.504 e.